The van der Waals surface area contributed by atoms with Crippen molar-refractivity contribution in [1.82, 2.24) is 5.16 Å². The summed E-state index contributed by atoms with van der Waals surface area (Å²) in [5.74, 6) is -0.124. The van der Waals surface area contributed by atoms with Gasteiger partial charge in [0.15, 0.2) is 11.5 Å². The molecular formula is C15H11F3NO5S-. The topological polar surface area (TPSA) is 92.5 Å². The predicted octanol–water partition coefficient (Wildman–Crippen LogP) is 3.11. The van der Waals surface area contributed by atoms with Gasteiger partial charge in [0, 0.05) is 11.5 Å². The third kappa shape index (κ3) is 3.97. The van der Waals surface area contributed by atoms with Crippen LogP contribution in [0.1, 0.15) is 51.6 Å². The molecule has 0 bridgehead atoms. The summed E-state index contributed by atoms with van der Waals surface area (Å²) in [7, 11) is 0. The highest BCUT2D eigenvalue weighted by Gasteiger charge is 2.34. The Morgan fingerprint density at radius 2 is 2.08 bits per heavy atom. The minimum Gasteiger partial charge on any atom is -0.750 e. The Bertz CT molecular complexity index is 829. The quantitative estimate of drug-likeness (QED) is 0.570. The van der Waals surface area contributed by atoms with Crippen molar-refractivity contribution in [3.8, 4) is 0 Å². The SMILES string of the molecule is O=C(c1ccc(C(F)(F)F)cc1COS(=O)[O-])c1cnoc1C1CC1. The molecule has 0 aliphatic heterocycles. The van der Waals surface area contributed by atoms with Gasteiger partial charge < -0.3 is 9.08 Å². The summed E-state index contributed by atoms with van der Waals surface area (Å²) in [5, 5.41) is 3.58. The minimum absolute atomic E-state index is 0.0738. The Labute approximate surface area is 142 Å². The minimum atomic E-state index is -4.64. The van der Waals surface area contributed by atoms with Crippen LogP contribution in [0.3, 0.4) is 0 Å². The molecule has 1 unspecified atom stereocenters. The average Bonchev–Trinajstić information content (AvgIpc) is 3.28. The summed E-state index contributed by atoms with van der Waals surface area (Å²) in [4.78, 5) is 12.7. The van der Waals surface area contributed by atoms with Crippen LogP contribution in [0, 0.1) is 0 Å². The van der Waals surface area contributed by atoms with Crippen molar-refractivity contribution >= 4 is 17.1 Å². The number of ketones is 1. The Balaban J connectivity index is 1.99. The molecule has 1 heterocycles. The molecule has 1 aliphatic carbocycles. The molecule has 6 nitrogen and oxygen atoms in total. The number of halogens is 3. The molecule has 1 aliphatic rings. The lowest BCUT2D eigenvalue weighted by atomic mass is 9.96. The van der Waals surface area contributed by atoms with Crippen LogP contribution in [0.2, 0.25) is 0 Å². The van der Waals surface area contributed by atoms with E-state index < -0.39 is 35.5 Å². The smallest absolute Gasteiger partial charge is 0.416 e. The van der Waals surface area contributed by atoms with Gasteiger partial charge in [0.1, 0.15) is 0 Å². The zero-order chi connectivity index (χ0) is 18.2. The van der Waals surface area contributed by atoms with Crippen molar-refractivity contribution in [2.75, 3.05) is 0 Å². The number of hydrogen-bond acceptors (Lipinski definition) is 6. The van der Waals surface area contributed by atoms with Crippen LogP contribution in [0.4, 0.5) is 13.2 Å². The molecular weight excluding hydrogens is 363 g/mol. The fourth-order valence-electron chi connectivity index (χ4n) is 2.43. The van der Waals surface area contributed by atoms with Crippen LogP contribution < -0.4 is 0 Å². The largest absolute Gasteiger partial charge is 0.750 e. The molecule has 1 fully saturated rings. The van der Waals surface area contributed by atoms with E-state index in [9.17, 15) is 26.7 Å². The molecule has 0 N–H and O–H groups in total. The van der Waals surface area contributed by atoms with E-state index >= 15 is 0 Å². The first kappa shape index (κ1) is 17.8. The molecule has 1 aromatic carbocycles. The molecule has 1 atom stereocenters. The lowest BCUT2D eigenvalue weighted by Gasteiger charge is -2.14. The monoisotopic (exact) mass is 374 g/mol. The predicted molar refractivity (Wildman–Crippen MR) is 77.1 cm³/mol. The number of carbonyl (C=O) groups is 1. The zero-order valence-corrected chi connectivity index (χ0v) is 13.4. The second-order valence-corrected chi connectivity index (χ2v) is 6.19. The number of aromatic nitrogens is 1. The van der Waals surface area contributed by atoms with Crippen LogP contribution in [0.15, 0.2) is 28.9 Å². The first-order chi connectivity index (χ1) is 11.8. The number of benzene rings is 1. The third-order valence-corrected chi connectivity index (χ3v) is 4.09. The standard InChI is InChI=1S/C15H12F3NO5S/c16-15(17,18)10-3-4-11(9(5-10)7-23-25(21)22)13(20)12-6-19-24-14(12)8-1-2-8/h3-6,8H,1-2,7H2,(H,21,22)/p-1. The van der Waals surface area contributed by atoms with E-state index in [0.717, 1.165) is 25.0 Å². The maximum atomic E-state index is 12.9. The van der Waals surface area contributed by atoms with Gasteiger partial charge in [-0.3, -0.25) is 8.98 Å². The lowest BCUT2D eigenvalue weighted by molar-refractivity contribution is -0.137. The van der Waals surface area contributed by atoms with Gasteiger partial charge in [-0.15, -0.1) is 0 Å². The molecule has 10 heteroatoms. The van der Waals surface area contributed by atoms with Crippen LogP contribution in [-0.2, 0) is 28.3 Å². The van der Waals surface area contributed by atoms with Crippen molar-refractivity contribution in [2.24, 2.45) is 0 Å². The number of carbonyl (C=O) groups excluding carboxylic acids is 1. The van der Waals surface area contributed by atoms with E-state index in [-0.39, 0.29) is 22.6 Å². The normalized spacial score (nSPS) is 16.0. The van der Waals surface area contributed by atoms with Crippen molar-refractivity contribution in [3.63, 3.8) is 0 Å². The first-order valence-electron chi connectivity index (χ1n) is 7.19. The fraction of sp³-hybridized carbons (Fsp3) is 0.333. The molecule has 2 aromatic rings. The molecule has 0 saturated heterocycles. The van der Waals surface area contributed by atoms with Gasteiger partial charge in [-0.2, -0.15) is 13.2 Å². The van der Waals surface area contributed by atoms with Crippen molar-refractivity contribution in [2.45, 2.75) is 31.5 Å². The van der Waals surface area contributed by atoms with Crippen LogP contribution in [0.25, 0.3) is 0 Å². The molecule has 25 heavy (non-hydrogen) atoms. The number of rotatable bonds is 6. The van der Waals surface area contributed by atoms with E-state index in [2.05, 4.69) is 9.34 Å². The third-order valence-electron chi connectivity index (χ3n) is 3.78. The van der Waals surface area contributed by atoms with Gasteiger partial charge in [0.2, 0.25) is 0 Å². The van der Waals surface area contributed by atoms with Gasteiger partial charge in [0.05, 0.1) is 35.3 Å². The highest BCUT2D eigenvalue weighted by Crippen LogP contribution is 2.42. The highest BCUT2D eigenvalue weighted by atomic mass is 32.2. The summed E-state index contributed by atoms with van der Waals surface area (Å²) in [5.41, 5.74) is -1.13. The lowest BCUT2D eigenvalue weighted by Crippen LogP contribution is -2.12. The van der Waals surface area contributed by atoms with Crippen molar-refractivity contribution in [3.05, 3.63) is 52.4 Å². The molecule has 0 spiro atoms. The second-order valence-electron chi connectivity index (χ2n) is 5.54. The van der Waals surface area contributed by atoms with E-state index in [1.165, 1.54) is 6.20 Å². The highest BCUT2D eigenvalue weighted by molar-refractivity contribution is 7.74. The molecule has 1 aromatic heterocycles. The van der Waals surface area contributed by atoms with E-state index in [1.807, 2.05) is 0 Å². The average molecular weight is 374 g/mol. The summed E-state index contributed by atoms with van der Waals surface area (Å²) in [6, 6.07) is 2.46. The van der Waals surface area contributed by atoms with Crippen molar-refractivity contribution in [1.29, 1.82) is 0 Å². The summed E-state index contributed by atoms with van der Waals surface area (Å²) >= 11 is -2.93. The van der Waals surface area contributed by atoms with Crippen LogP contribution in [-0.4, -0.2) is 19.7 Å². The molecule has 3 rings (SSSR count). The molecule has 0 amide bonds. The summed E-state index contributed by atoms with van der Waals surface area (Å²) in [6.07, 6.45) is -1.74. The van der Waals surface area contributed by atoms with Gasteiger partial charge in [-0.25, -0.2) is 4.21 Å². The number of nitrogens with zero attached hydrogens (tertiary/aromatic N) is 1. The van der Waals surface area contributed by atoms with E-state index in [0.29, 0.717) is 11.8 Å². The van der Waals surface area contributed by atoms with Gasteiger partial charge in [0.25, 0.3) is 0 Å². The fourth-order valence-corrected chi connectivity index (χ4v) is 2.65. The summed E-state index contributed by atoms with van der Waals surface area (Å²) < 4.78 is 69.2. The van der Waals surface area contributed by atoms with E-state index in [1.54, 1.807) is 0 Å². The maximum Gasteiger partial charge on any atom is 0.416 e. The second kappa shape index (κ2) is 6.70. The van der Waals surface area contributed by atoms with Crippen molar-refractivity contribution < 1.29 is 35.4 Å². The first-order valence-corrected chi connectivity index (χ1v) is 8.19. The Morgan fingerprint density at radius 3 is 2.68 bits per heavy atom. The van der Waals surface area contributed by atoms with Gasteiger partial charge in [-0.1, -0.05) is 11.2 Å². The number of alkyl halides is 3. The van der Waals surface area contributed by atoms with Gasteiger partial charge in [-0.05, 0) is 30.5 Å². The Morgan fingerprint density at radius 1 is 1.36 bits per heavy atom. The molecule has 134 valence electrons. The Hall–Kier alpha value is -2.04. The van der Waals surface area contributed by atoms with Gasteiger partial charge >= 0.3 is 6.18 Å². The summed E-state index contributed by atoms with van der Waals surface area (Å²) in [6.45, 7) is -0.689. The van der Waals surface area contributed by atoms with E-state index in [4.69, 9.17) is 4.52 Å². The van der Waals surface area contributed by atoms with Crippen LogP contribution >= 0.6 is 0 Å². The zero-order valence-electron chi connectivity index (χ0n) is 12.5. The Kier molecular flexibility index (Phi) is 4.76. The maximum absolute atomic E-state index is 12.9. The van der Waals surface area contributed by atoms with Crippen LogP contribution in [0.5, 0.6) is 0 Å². The molecule has 0 radical (unpaired) electrons. The number of hydrogen-bond donors (Lipinski definition) is 0. The molecule has 1 saturated carbocycles.